The van der Waals surface area contributed by atoms with Gasteiger partial charge in [-0.15, -0.1) is 0 Å². The van der Waals surface area contributed by atoms with Gasteiger partial charge in [0.25, 0.3) is 0 Å². The van der Waals surface area contributed by atoms with Crippen molar-refractivity contribution in [2.75, 3.05) is 0 Å². The summed E-state index contributed by atoms with van der Waals surface area (Å²) in [6, 6.07) is 36.7. The van der Waals surface area contributed by atoms with E-state index in [1.54, 1.807) is 0 Å². The monoisotopic (exact) mass is 444 g/mol. The van der Waals surface area contributed by atoms with Crippen molar-refractivity contribution in [3.63, 3.8) is 0 Å². The third-order valence-corrected chi connectivity index (χ3v) is 6.33. The summed E-state index contributed by atoms with van der Waals surface area (Å²) in [5.41, 5.74) is 6.14. The van der Waals surface area contributed by atoms with E-state index in [2.05, 4.69) is 36.4 Å². The molecule has 166 valence electrons. The van der Waals surface area contributed by atoms with Gasteiger partial charge >= 0.3 is 0 Å². The molecule has 0 saturated carbocycles. The maximum absolute atomic E-state index is 6.32. The highest BCUT2D eigenvalue weighted by Gasteiger charge is 2.28. The van der Waals surface area contributed by atoms with Crippen LogP contribution in [0.1, 0.15) is 47.3 Å². The molecule has 0 bridgehead atoms. The van der Waals surface area contributed by atoms with Crippen molar-refractivity contribution in [3.8, 4) is 11.5 Å². The molecule has 0 spiro atoms. The Morgan fingerprint density at radius 1 is 0.471 bits per heavy atom. The van der Waals surface area contributed by atoms with Crippen LogP contribution in [0.25, 0.3) is 0 Å². The first kappa shape index (κ1) is 20.4. The Morgan fingerprint density at radius 2 is 0.853 bits per heavy atom. The molecule has 4 heteroatoms. The van der Waals surface area contributed by atoms with E-state index >= 15 is 0 Å². The molecule has 4 nitrogen and oxygen atoms in total. The van der Waals surface area contributed by atoms with Crippen molar-refractivity contribution in [2.45, 2.75) is 25.0 Å². The minimum Gasteiger partial charge on any atom is -0.485 e. The molecule has 0 aliphatic carbocycles. The summed E-state index contributed by atoms with van der Waals surface area (Å²) in [5, 5.41) is 9.64. The fourth-order valence-electron chi connectivity index (χ4n) is 4.59. The molecule has 4 aromatic rings. The number of ether oxygens (including phenoxy) is 2. The van der Waals surface area contributed by atoms with Gasteiger partial charge in [0.15, 0.2) is 0 Å². The van der Waals surface area contributed by atoms with E-state index < -0.39 is 0 Å². The number of rotatable bonds is 3. The van der Waals surface area contributed by atoms with E-state index in [0.717, 1.165) is 45.2 Å². The normalized spacial score (nSPS) is 21.3. The van der Waals surface area contributed by atoms with Crippen LogP contribution in [0.2, 0.25) is 0 Å². The van der Waals surface area contributed by atoms with E-state index in [4.69, 9.17) is 19.7 Å². The molecule has 2 heterocycles. The summed E-state index contributed by atoms with van der Waals surface area (Å²) in [7, 11) is 0. The second-order valence-corrected chi connectivity index (χ2v) is 8.53. The van der Waals surface area contributed by atoms with Crippen molar-refractivity contribution in [1.82, 2.24) is 0 Å². The second-order valence-electron chi connectivity index (χ2n) is 8.53. The van der Waals surface area contributed by atoms with E-state index in [1.165, 1.54) is 0 Å². The third kappa shape index (κ3) is 3.99. The molecular formula is C30H24N2O2. The lowest BCUT2D eigenvalue weighted by Crippen LogP contribution is -2.22. The van der Waals surface area contributed by atoms with E-state index in [-0.39, 0.29) is 12.2 Å². The molecule has 0 saturated heterocycles. The summed E-state index contributed by atoms with van der Waals surface area (Å²) < 4.78 is 12.6. The van der Waals surface area contributed by atoms with E-state index in [9.17, 15) is 0 Å². The lowest BCUT2D eigenvalue weighted by atomic mass is 9.95. The molecular weight excluding hydrogens is 420 g/mol. The molecule has 0 unspecified atom stereocenters. The van der Waals surface area contributed by atoms with Gasteiger partial charge in [0.2, 0.25) is 0 Å². The second kappa shape index (κ2) is 8.99. The lowest BCUT2D eigenvalue weighted by molar-refractivity contribution is 0.205. The molecule has 34 heavy (non-hydrogen) atoms. The van der Waals surface area contributed by atoms with Crippen molar-refractivity contribution < 1.29 is 9.47 Å². The zero-order chi connectivity index (χ0) is 22.7. The average Bonchev–Trinajstić information content (AvgIpc) is 2.92. The van der Waals surface area contributed by atoms with Crippen molar-refractivity contribution in [2.24, 2.45) is 10.2 Å². The van der Waals surface area contributed by atoms with Crippen LogP contribution in [0.3, 0.4) is 0 Å². The number of hydrogen-bond acceptors (Lipinski definition) is 4. The number of para-hydroxylation sites is 2. The highest BCUT2D eigenvalue weighted by molar-refractivity contribution is 6.07. The first-order valence-corrected chi connectivity index (χ1v) is 11.6. The Labute approximate surface area is 199 Å². The van der Waals surface area contributed by atoms with Crippen LogP contribution in [0.15, 0.2) is 119 Å². The molecule has 2 aliphatic rings. The minimum atomic E-state index is -0.0888. The van der Waals surface area contributed by atoms with Gasteiger partial charge in [0, 0.05) is 24.0 Å². The largest absolute Gasteiger partial charge is 0.485 e. The molecule has 0 amide bonds. The van der Waals surface area contributed by atoms with Gasteiger partial charge in [0.05, 0.1) is 11.4 Å². The van der Waals surface area contributed by atoms with Crippen molar-refractivity contribution >= 4 is 11.4 Å². The van der Waals surface area contributed by atoms with Gasteiger partial charge in [-0.05, 0) is 35.4 Å². The highest BCUT2D eigenvalue weighted by Crippen LogP contribution is 2.37. The number of fused-ring (bicyclic) bond motifs is 2. The Hall–Kier alpha value is -4.18. The van der Waals surface area contributed by atoms with Crippen LogP contribution in [0.4, 0.5) is 0 Å². The molecule has 2 atom stereocenters. The lowest BCUT2D eigenvalue weighted by Gasteiger charge is -2.28. The number of benzene rings is 4. The standard InChI is InChI=1S/C30H24N2O2/c1-3-11-21(12-4-1)29-19-25(23-15-7-9-17-27(23)33-29)31-32-26-20-30(22-13-5-2-6-14-22)34-28-18-10-8-16-24(26)28/h1-18,29-30H,19-20H2/b31-25-,32-26+/t29-,30+/m1/s1. The molecule has 0 fully saturated rings. The first-order valence-electron chi connectivity index (χ1n) is 11.6. The molecule has 2 aliphatic heterocycles. The van der Waals surface area contributed by atoms with Crippen molar-refractivity contribution in [1.29, 1.82) is 0 Å². The van der Waals surface area contributed by atoms with E-state index in [0.29, 0.717) is 12.8 Å². The Balaban J connectivity index is 1.39. The van der Waals surface area contributed by atoms with Crippen LogP contribution < -0.4 is 9.47 Å². The van der Waals surface area contributed by atoms with Gasteiger partial charge in [-0.1, -0.05) is 84.9 Å². The Bertz CT molecular complexity index is 1260. The highest BCUT2D eigenvalue weighted by atomic mass is 16.5. The fourth-order valence-corrected chi connectivity index (χ4v) is 4.59. The van der Waals surface area contributed by atoms with Crippen LogP contribution in [-0.2, 0) is 0 Å². The van der Waals surface area contributed by atoms with Crippen molar-refractivity contribution in [3.05, 3.63) is 131 Å². The van der Waals surface area contributed by atoms with E-state index in [1.807, 2.05) is 72.8 Å². The number of hydrogen-bond donors (Lipinski definition) is 0. The smallest absolute Gasteiger partial charge is 0.129 e. The van der Waals surface area contributed by atoms with Gasteiger partial charge in [-0.25, -0.2) is 0 Å². The molecule has 4 aromatic carbocycles. The zero-order valence-electron chi connectivity index (χ0n) is 18.7. The molecule has 6 rings (SSSR count). The van der Waals surface area contributed by atoms with Crippen LogP contribution in [0, 0.1) is 0 Å². The summed E-state index contributed by atoms with van der Waals surface area (Å²) >= 11 is 0. The zero-order valence-corrected chi connectivity index (χ0v) is 18.7. The summed E-state index contributed by atoms with van der Waals surface area (Å²) in [5.74, 6) is 1.69. The maximum atomic E-state index is 6.32. The molecule has 0 N–H and O–H groups in total. The summed E-state index contributed by atoms with van der Waals surface area (Å²) in [4.78, 5) is 0. The summed E-state index contributed by atoms with van der Waals surface area (Å²) in [6.45, 7) is 0. The van der Waals surface area contributed by atoms with Gasteiger partial charge in [-0.2, -0.15) is 10.2 Å². The Morgan fingerprint density at radius 3 is 1.29 bits per heavy atom. The van der Waals surface area contributed by atoms with Gasteiger partial charge in [0.1, 0.15) is 23.7 Å². The van der Waals surface area contributed by atoms with Crippen LogP contribution in [-0.4, -0.2) is 11.4 Å². The molecule has 0 radical (unpaired) electrons. The van der Waals surface area contributed by atoms with Gasteiger partial charge < -0.3 is 9.47 Å². The van der Waals surface area contributed by atoms with Crippen LogP contribution in [0.5, 0.6) is 11.5 Å². The quantitative estimate of drug-likeness (QED) is 0.322. The fraction of sp³-hybridized carbons (Fsp3) is 0.133. The van der Waals surface area contributed by atoms with Crippen LogP contribution >= 0.6 is 0 Å². The first-order chi connectivity index (χ1) is 16.8. The Kier molecular flexibility index (Phi) is 5.40. The minimum absolute atomic E-state index is 0.0888. The maximum Gasteiger partial charge on any atom is 0.129 e. The molecule has 0 aromatic heterocycles. The number of nitrogens with zero attached hydrogens (tertiary/aromatic N) is 2. The topological polar surface area (TPSA) is 43.2 Å². The average molecular weight is 445 g/mol. The predicted octanol–water partition coefficient (Wildman–Crippen LogP) is 6.93. The SMILES string of the molecule is c1ccc([C@@H]2C/C(=N\N=C3\C[C@H](c4ccccc4)Oc4ccccc43)c3ccccc3O2)cc1. The van der Waals surface area contributed by atoms with Gasteiger partial charge in [-0.3, -0.25) is 0 Å². The predicted molar refractivity (Wildman–Crippen MR) is 135 cm³/mol. The summed E-state index contributed by atoms with van der Waals surface area (Å²) in [6.07, 6.45) is 1.15. The third-order valence-electron chi connectivity index (χ3n) is 6.33.